The SMILES string of the molecule is CN(C)CCOc1cc(CNc2cnccn2)ccn1. The molecule has 2 aromatic rings. The van der Waals surface area contributed by atoms with Crippen LogP contribution < -0.4 is 10.1 Å². The predicted molar refractivity (Wildman–Crippen MR) is 77.6 cm³/mol. The van der Waals surface area contributed by atoms with Crippen LogP contribution in [0.2, 0.25) is 0 Å². The minimum atomic E-state index is 0.626. The summed E-state index contributed by atoms with van der Waals surface area (Å²) < 4.78 is 5.60. The lowest BCUT2D eigenvalue weighted by molar-refractivity contribution is 0.253. The van der Waals surface area contributed by atoms with E-state index in [1.807, 2.05) is 26.2 Å². The number of rotatable bonds is 7. The second-order valence-corrected chi connectivity index (χ2v) is 4.60. The minimum absolute atomic E-state index is 0.626. The molecule has 6 nitrogen and oxygen atoms in total. The third-order valence-corrected chi connectivity index (χ3v) is 2.62. The first-order valence-electron chi connectivity index (χ1n) is 6.46. The molecule has 0 aromatic carbocycles. The molecule has 2 aromatic heterocycles. The topological polar surface area (TPSA) is 63.2 Å². The first kappa shape index (κ1) is 14.2. The van der Waals surface area contributed by atoms with Crippen LogP contribution in [-0.2, 0) is 6.54 Å². The lowest BCUT2D eigenvalue weighted by Crippen LogP contribution is -2.19. The molecule has 0 unspecified atom stereocenters. The van der Waals surface area contributed by atoms with Gasteiger partial charge in [0, 0.05) is 37.7 Å². The summed E-state index contributed by atoms with van der Waals surface area (Å²) in [7, 11) is 4.02. The number of ether oxygens (including phenoxy) is 1. The van der Waals surface area contributed by atoms with Crippen molar-refractivity contribution in [3.8, 4) is 5.88 Å². The maximum absolute atomic E-state index is 5.60. The fourth-order valence-electron chi connectivity index (χ4n) is 1.56. The van der Waals surface area contributed by atoms with Gasteiger partial charge < -0.3 is 15.0 Å². The summed E-state index contributed by atoms with van der Waals surface area (Å²) >= 11 is 0. The monoisotopic (exact) mass is 273 g/mol. The number of likely N-dealkylation sites (N-methyl/N-ethyl adjacent to an activating group) is 1. The van der Waals surface area contributed by atoms with Crippen LogP contribution in [0, 0.1) is 0 Å². The van der Waals surface area contributed by atoms with Crippen LogP contribution in [0.5, 0.6) is 5.88 Å². The molecule has 0 radical (unpaired) electrons. The van der Waals surface area contributed by atoms with Crippen LogP contribution in [0.25, 0.3) is 0 Å². The Kier molecular flexibility index (Phi) is 5.25. The van der Waals surface area contributed by atoms with Gasteiger partial charge in [-0.05, 0) is 25.7 Å². The zero-order valence-electron chi connectivity index (χ0n) is 11.8. The molecule has 6 heteroatoms. The van der Waals surface area contributed by atoms with Crippen molar-refractivity contribution < 1.29 is 4.74 Å². The molecule has 0 saturated carbocycles. The van der Waals surface area contributed by atoms with Gasteiger partial charge >= 0.3 is 0 Å². The molecule has 2 rings (SSSR count). The Morgan fingerprint density at radius 3 is 2.85 bits per heavy atom. The van der Waals surface area contributed by atoms with E-state index in [1.165, 1.54) is 0 Å². The Morgan fingerprint density at radius 2 is 2.10 bits per heavy atom. The largest absolute Gasteiger partial charge is 0.476 e. The second kappa shape index (κ2) is 7.40. The molecule has 0 aliphatic carbocycles. The van der Waals surface area contributed by atoms with Gasteiger partial charge in [-0.2, -0.15) is 0 Å². The highest BCUT2D eigenvalue weighted by molar-refractivity contribution is 5.32. The Balaban J connectivity index is 1.86. The van der Waals surface area contributed by atoms with Crippen molar-refractivity contribution in [3.63, 3.8) is 0 Å². The summed E-state index contributed by atoms with van der Waals surface area (Å²) in [5.41, 5.74) is 1.09. The van der Waals surface area contributed by atoms with E-state index in [0.29, 0.717) is 19.0 Å². The molecule has 0 amide bonds. The molecule has 0 aliphatic heterocycles. The Hall–Kier alpha value is -2.21. The zero-order chi connectivity index (χ0) is 14.2. The van der Waals surface area contributed by atoms with Crippen molar-refractivity contribution in [2.45, 2.75) is 6.54 Å². The van der Waals surface area contributed by atoms with E-state index >= 15 is 0 Å². The fraction of sp³-hybridized carbons (Fsp3) is 0.357. The standard InChI is InChI=1S/C14H19N5O/c1-19(2)7-8-20-14-9-12(3-4-17-14)10-18-13-11-15-5-6-16-13/h3-6,9,11H,7-8,10H2,1-2H3,(H,16,18). The van der Waals surface area contributed by atoms with Gasteiger partial charge in [0.1, 0.15) is 12.4 Å². The molecule has 0 bridgehead atoms. The fourth-order valence-corrected chi connectivity index (χ4v) is 1.56. The van der Waals surface area contributed by atoms with Gasteiger partial charge in [-0.3, -0.25) is 4.98 Å². The molecule has 1 N–H and O–H groups in total. The zero-order valence-corrected chi connectivity index (χ0v) is 11.8. The quantitative estimate of drug-likeness (QED) is 0.823. The molecule has 20 heavy (non-hydrogen) atoms. The predicted octanol–water partition coefficient (Wildman–Crippen LogP) is 1.42. The van der Waals surface area contributed by atoms with Crippen molar-refractivity contribution in [3.05, 3.63) is 42.5 Å². The highest BCUT2D eigenvalue weighted by Crippen LogP contribution is 2.10. The van der Waals surface area contributed by atoms with E-state index < -0.39 is 0 Å². The highest BCUT2D eigenvalue weighted by Gasteiger charge is 2.00. The van der Waals surface area contributed by atoms with Crippen molar-refractivity contribution in [2.75, 3.05) is 32.6 Å². The normalized spacial score (nSPS) is 10.6. The van der Waals surface area contributed by atoms with E-state index in [9.17, 15) is 0 Å². The van der Waals surface area contributed by atoms with Crippen LogP contribution in [0.3, 0.4) is 0 Å². The molecule has 0 spiro atoms. The first-order chi connectivity index (χ1) is 9.74. The van der Waals surface area contributed by atoms with Crippen molar-refractivity contribution in [2.24, 2.45) is 0 Å². The van der Waals surface area contributed by atoms with Crippen molar-refractivity contribution >= 4 is 5.82 Å². The molecule has 0 saturated heterocycles. The summed E-state index contributed by atoms with van der Waals surface area (Å²) in [4.78, 5) is 14.4. The van der Waals surface area contributed by atoms with E-state index in [0.717, 1.165) is 17.9 Å². The molecule has 2 heterocycles. The van der Waals surface area contributed by atoms with E-state index in [2.05, 4.69) is 25.2 Å². The number of anilines is 1. The van der Waals surface area contributed by atoms with Crippen LogP contribution >= 0.6 is 0 Å². The minimum Gasteiger partial charge on any atom is -0.476 e. The van der Waals surface area contributed by atoms with Gasteiger partial charge in [-0.1, -0.05) is 0 Å². The number of nitrogens with one attached hydrogen (secondary N) is 1. The maximum atomic E-state index is 5.60. The van der Waals surface area contributed by atoms with Gasteiger partial charge in [-0.15, -0.1) is 0 Å². The maximum Gasteiger partial charge on any atom is 0.213 e. The lowest BCUT2D eigenvalue weighted by Gasteiger charge is -2.11. The van der Waals surface area contributed by atoms with Crippen LogP contribution in [0.1, 0.15) is 5.56 Å². The molecule has 0 aliphatic rings. The molecular formula is C14H19N5O. The van der Waals surface area contributed by atoms with Crippen LogP contribution in [-0.4, -0.2) is 47.1 Å². The first-order valence-corrected chi connectivity index (χ1v) is 6.46. The van der Waals surface area contributed by atoms with Crippen LogP contribution in [0.4, 0.5) is 5.82 Å². The van der Waals surface area contributed by atoms with Gasteiger partial charge in [0.15, 0.2) is 0 Å². The number of aromatic nitrogens is 3. The van der Waals surface area contributed by atoms with Crippen molar-refractivity contribution in [1.29, 1.82) is 0 Å². The number of pyridine rings is 1. The third-order valence-electron chi connectivity index (χ3n) is 2.62. The third kappa shape index (κ3) is 4.81. The van der Waals surface area contributed by atoms with E-state index in [4.69, 9.17) is 4.74 Å². The molecule has 0 fully saturated rings. The summed E-state index contributed by atoms with van der Waals surface area (Å²) in [5, 5.41) is 3.20. The summed E-state index contributed by atoms with van der Waals surface area (Å²) in [6.07, 6.45) is 6.74. The Bertz CT molecular complexity index is 518. The van der Waals surface area contributed by atoms with Gasteiger partial charge in [0.2, 0.25) is 5.88 Å². The molecular weight excluding hydrogens is 254 g/mol. The van der Waals surface area contributed by atoms with Gasteiger partial charge in [-0.25, -0.2) is 9.97 Å². The highest BCUT2D eigenvalue weighted by atomic mass is 16.5. The number of hydrogen-bond donors (Lipinski definition) is 1. The number of hydrogen-bond acceptors (Lipinski definition) is 6. The average Bonchev–Trinajstić information content (AvgIpc) is 2.46. The summed E-state index contributed by atoms with van der Waals surface area (Å²) in [6, 6.07) is 3.88. The Labute approximate surface area is 118 Å². The van der Waals surface area contributed by atoms with Gasteiger partial charge in [0.05, 0.1) is 6.20 Å². The van der Waals surface area contributed by atoms with Crippen molar-refractivity contribution in [1.82, 2.24) is 19.9 Å². The molecule has 106 valence electrons. The van der Waals surface area contributed by atoms with E-state index in [-0.39, 0.29) is 0 Å². The number of nitrogens with zero attached hydrogens (tertiary/aromatic N) is 4. The molecule has 0 atom stereocenters. The Morgan fingerprint density at radius 1 is 1.20 bits per heavy atom. The smallest absolute Gasteiger partial charge is 0.213 e. The summed E-state index contributed by atoms with van der Waals surface area (Å²) in [5.74, 6) is 1.39. The average molecular weight is 273 g/mol. The van der Waals surface area contributed by atoms with Crippen LogP contribution in [0.15, 0.2) is 36.9 Å². The lowest BCUT2D eigenvalue weighted by atomic mass is 10.2. The second-order valence-electron chi connectivity index (χ2n) is 4.60. The van der Waals surface area contributed by atoms with Gasteiger partial charge in [0.25, 0.3) is 0 Å². The van der Waals surface area contributed by atoms with E-state index in [1.54, 1.807) is 24.8 Å². The summed E-state index contributed by atoms with van der Waals surface area (Å²) in [6.45, 7) is 2.15.